The third-order valence-corrected chi connectivity index (χ3v) is 7.10. The Hall–Kier alpha value is -2.18. The van der Waals surface area contributed by atoms with Crippen LogP contribution >= 0.6 is 0 Å². The van der Waals surface area contributed by atoms with Crippen LogP contribution in [0.5, 0.6) is 0 Å². The van der Waals surface area contributed by atoms with Gasteiger partial charge < -0.3 is 4.90 Å². The lowest BCUT2D eigenvalue weighted by Gasteiger charge is -2.34. The topological polar surface area (TPSA) is 57.7 Å². The second-order valence-corrected chi connectivity index (χ2v) is 10.3. The van der Waals surface area contributed by atoms with E-state index in [0.29, 0.717) is 36.6 Å². The average molecular weight is 401 g/mol. The van der Waals surface area contributed by atoms with Crippen LogP contribution in [0, 0.1) is 6.92 Å². The number of sulfonamides is 1. The van der Waals surface area contributed by atoms with E-state index < -0.39 is 10.0 Å². The summed E-state index contributed by atoms with van der Waals surface area (Å²) in [5.41, 5.74) is 2.81. The molecule has 1 saturated heterocycles. The summed E-state index contributed by atoms with van der Waals surface area (Å²) in [6.07, 6.45) is 0. The Morgan fingerprint density at radius 3 is 1.89 bits per heavy atom. The number of amides is 1. The molecule has 1 aliphatic rings. The molecule has 0 N–H and O–H groups in total. The van der Waals surface area contributed by atoms with Crippen LogP contribution in [0.25, 0.3) is 0 Å². The number of nitrogens with zero attached hydrogens (tertiary/aromatic N) is 2. The highest BCUT2D eigenvalue weighted by Crippen LogP contribution is 2.25. The van der Waals surface area contributed by atoms with Gasteiger partial charge in [-0.3, -0.25) is 4.79 Å². The third kappa shape index (κ3) is 4.28. The summed E-state index contributed by atoms with van der Waals surface area (Å²) in [5.74, 6) is -0.0495. The Labute approximate surface area is 168 Å². The predicted molar refractivity (Wildman–Crippen MR) is 111 cm³/mol. The Balaban J connectivity index is 1.68. The first-order valence-corrected chi connectivity index (χ1v) is 11.0. The van der Waals surface area contributed by atoms with Crippen LogP contribution in [-0.2, 0) is 15.4 Å². The molecule has 1 heterocycles. The summed E-state index contributed by atoms with van der Waals surface area (Å²) < 4.78 is 27.4. The maximum atomic E-state index is 13.0. The van der Waals surface area contributed by atoms with Gasteiger partial charge in [0.05, 0.1) is 4.90 Å². The second-order valence-electron chi connectivity index (χ2n) is 8.34. The molecule has 0 saturated carbocycles. The average Bonchev–Trinajstić information content (AvgIpc) is 2.67. The lowest BCUT2D eigenvalue weighted by Crippen LogP contribution is -2.50. The van der Waals surface area contributed by atoms with Crippen LogP contribution < -0.4 is 0 Å². The number of carbonyl (C=O) groups excluding carboxylic acids is 1. The maximum absolute atomic E-state index is 13.0. The van der Waals surface area contributed by atoms with Gasteiger partial charge in [0, 0.05) is 31.7 Å². The molecule has 5 nitrogen and oxygen atoms in total. The molecule has 2 aromatic carbocycles. The van der Waals surface area contributed by atoms with Gasteiger partial charge in [-0.25, -0.2) is 8.42 Å². The number of hydrogen-bond acceptors (Lipinski definition) is 3. The highest BCUT2D eigenvalue weighted by molar-refractivity contribution is 7.89. The monoisotopic (exact) mass is 400 g/mol. The standard InChI is InChI=1S/C22H28N2O3S/c1-17-5-7-18(8-6-17)21(25)23-13-15-24(16-14-23)28(26,27)20-11-9-19(10-12-20)22(2,3)4/h5-12H,13-16H2,1-4H3. The van der Waals surface area contributed by atoms with Crippen LogP contribution in [0.4, 0.5) is 0 Å². The summed E-state index contributed by atoms with van der Waals surface area (Å²) in [7, 11) is -3.55. The molecule has 28 heavy (non-hydrogen) atoms. The lowest BCUT2D eigenvalue weighted by molar-refractivity contribution is 0.0698. The molecule has 6 heteroatoms. The van der Waals surface area contributed by atoms with Gasteiger partial charge in [0.15, 0.2) is 0 Å². The van der Waals surface area contributed by atoms with Crippen molar-refractivity contribution in [2.75, 3.05) is 26.2 Å². The molecule has 3 rings (SSSR count). The first kappa shape index (κ1) is 20.6. The van der Waals surface area contributed by atoms with Crippen LogP contribution in [0.3, 0.4) is 0 Å². The van der Waals surface area contributed by atoms with Crippen molar-refractivity contribution in [3.63, 3.8) is 0 Å². The minimum atomic E-state index is -3.55. The van der Waals surface area contributed by atoms with Crippen molar-refractivity contribution in [3.8, 4) is 0 Å². The predicted octanol–water partition coefficient (Wildman–Crippen LogP) is 3.44. The Kier molecular flexibility index (Phi) is 5.64. The maximum Gasteiger partial charge on any atom is 0.253 e. The molecule has 0 radical (unpaired) electrons. The van der Waals surface area contributed by atoms with Gasteiger partial charge in [0.2, 0.25) is 10.0 Å². The molecule has 1 fully saturated rings. The number of hydrogen-bond donors (Lipinski definition) is 0. The zero-order chi connectivity index (χ0) is 20.5. The number of piperazine rings is 1. The molecular formula is C22H28N2O3S. The van der Waals surface area contributed by atoms with Crippen molar-refractivity contribution >= 4 is 15.9 Å². The van der Waals surface area contributed by atoms with Crippen molar-refractivity contribution in [2.24, 2.45) is 0 Å². The van der Waals surface area contributed by atoms with Crippen molar-refractivity contribution < 1.29 is 13.2 Å². The third-order valence-electron chi connectivity index (χ3n) is 5.18. The molecular weight excluding hydrogens is 372 g/mol. The Morgan fingerprint density at radius 1 is 0.857 bits per heavy atom. The van der Waals surface area contributed by atoms with E-state index in [1.54, 1.807) is 17.0 Å². The fourth-order valence-corrected chi connectivity index (χ4v) is 4.71. The van der Waals surface area contributed by atoms with Crippen molar-refractivity contribution in [1.82, 2.24) is 9.21 Å². The Morgan fingerprint density at radius 2 is 1.39 bits per heavy atom. The Bertz CT molecular complexity index is 935. The molecule has 1 amide bonds. The van der Waals surface area contributed by atoms with Crippen molar-refractivity contribution in [1.29, 1.82) is 0 Å². The highest BCUT2D eigenvalue weighted by Gasteiger charge is 2.30. The van der Waals surface area contributed by atoms with E-state index in [-0.39, 0.29) is 11.3 Å². The molecule has 0 bridgehead atoms. The van der Waals surface area contributed by atoms with Crippen molar-refractivity contribution in [3.05, 3.63) is 65.2 Å². The van der Waals surface area contributed by atoms with Gasteiger partial charge >= 0.3 is 0 Å². The number of benzene rings is 2. The van der Waals surface area contributed by atoms with E-state index in [4.69, 9.17) is 0 Å². The van der Waals surface area contributed by atoms with Gasteiger partial charge in [0.25, 0.3) is 5.91 Å². The quantitative estimate of drug-likeness (QED) is 0.793. The zero-order valence-electron chi connectivity index (χ0n) is 17.0. The van der Waals surface area contributed by atoms with E-state index in [1.807, 2.05) is 43.3 Å². The van der Waals surface area contributed by atoms with Crippen LogP contribution in [0.15, 0.2) is 53.4 Å². The van der Waals surface area contributed by atoms with Gasteiger partial charge in [-0.05, 0) is 42.2 Å². The van der Waals surface area contributed by atoms with Crippen molar-refractivity contribution in [2.45, 2.75) is 38.0 Å². The molecule has 1 aliphatic heterocycles. The van der Waals surface area contributed by atoms with Crippen LogP contribution in [0.1, 0.15) is 42.3 Å². The first-order chi connectivity index (χ1) is 13.1. The number of aryl methyl sites for hydroxylation is 1. The number of rotatable bonds is 3. The van der Waals surface area contributed by atoms with Gasteiger partial charge in [-0.1, -0.05) is 50.6 Å². The summed E-state index contributed by atoms with van der Waals surface area (Å²) in [6, 6.07) is 14.6. The smallest absolute Gasteiger partial charge is 0.253 e. The molecule has 0 atom stereocenters. The number of carbonyl (C=O) groups is 1. The van der Waals surface area contributed by atoms with Gasteiger partial charge in [-0.2, -0.15) is 4.31 Å². The lowest BCUT2D eigenvalue weighted by atomic mass is 9.87. The molecule has 0 unspecified atom stereocenters. The summed E-state index contributed by atoms with van der Waals surface area (Å²) >= 11 is 0. The molecule has 0 aliphatic carbocycles. The van der Waals surface area contributed by atoms with Gasteiger partial charge in [0.1, 0.15) is 0 Å². The normalized spacial score (nSPS) is 16.2. The molecule has 2 aromatic rings. The van der Waals surface area contributed by atoms with E-state index >= 15 is 0 Å². The van der Waals surface area contributed by atoms with E-state index in [9.17, 15) is 13.2 Å². The molecule has 0 aromatic heterocycles. The van der Waals surface area contributed by atoms with Crippen LogP contribution in [0.2, 0.25) is 0 Å². The zero-order valence-corrected chi connectivity index (χ0v) is 17.8. The largest absolute Gasteiger partial charge is 0.336 e. The summed E-state index contributed by atoms with van der Waals surface area (Å²) in [5, 5.41) is 0. The van der Waals surface area contributed by atoms with E-state index in [1.165, 1.54) is 4.31 Å². The van der Waals surface area contributed by atoms with Gasteiger partial charge in [-0.15, -0.1) is 0 Å². The van der Waals surface area contributed by atoms with Crippen LogP contribution in [-0.4, -0.2) is 49.7 Å². The van der Waals surface area contributed by atoms with E-state index in [0.717, 1.165) is 11.1 Å². The van der Waals surface area contributed by atoms with E-state index in [2.05, 4.69) is 20.8 Å². The second kappa shape index (κ2) is 7.68. The molecule has 0 spiro atoms. The minimum Gasteiger partial charge on any atom is -0.336 e. The SMILES string of the molecule is Cc1ccc(C(=O)N2CCN(S(=O)(=O)c3ccc(C(C)(C)C)cc3)CC2)cc1. The summed E-state index contributed by atoms with van der Waals surface area (Å²) in [4.78, 5) is 14.7. The summed E-state index contributed by atoms with van der Waals surface area (Å²) in [6.45, 7) is 9.67. The molecule has 150 valence electrons. The fraction of sp³-hybridized carbons (Fsp3) is 0.409. The first-order valence-electron chi connectivity index (χ1n) is 9.56. The highest BCUT2D eigenvalue weighted by atomic mass is 32.2. The minimum absolute atomic E-state index is 0.0236. The fourth-order valence-electron chi connectivity index (χ4n) is 3.29.